The molecular formula is C21H18BrFN2O. The normalized spacial score (nSPS) is 15.4. The van der Waals surface area contributed by atoms with Crippen molar-refractivity contribution in [3.05, 3.63) is 70.6 Å². The molecule has 1 aliphatic rings. The average molecular weight is 413 g/mol. The number of piperidine rings is 1. The Balaban J connectivity index is 1.51. The summed E-state index contributed by atoms with van der Waals surface area (Å²) in [6, 6.07) is 14.0. The molecule has 2 heterocycles. The highest BCUT2D eigenvalue weighted by atomic mass is 79.9. The monoisotopic (exact) mass is 412 g/mol. The second-order valence-corrected chi connectivity index (χ2v) is 7.54. The molecule has 0 unspecified atom stereocenters. The molecule has 1 aromatic heterocycles. The fourth-order valence-corrected chi connectivity index (χ4v) is 3.97. The van der Waals surface area contributed by atoms with Gasteiger partial charge in [0, 0.05) is 46.3 Å². The molecular weight excluding hydrogens is 395 g/mol. The molecule has 3 nitrogen and oxygen atoms in total. The molecule has 2 aromatic carbocycles. The summed E-state index contributed by atoms with van der Waals surface area (Å²) in [6.45, 7) is 1.65. The van der Waals surface area contributed by atoms with Crippen LogP contribution in [0.15, 0.2) is 59.2 Å². The zero-order valence-electron chi connectivity index (χ0n) is 14.2. The first-order chi connectivity index (χ1) is 12.6. The zero-order chi connectivity index (χ0) is 18.1. The molecule has 1 aliphatic heterocycles. The standard InChI is InChI=1S/C21H18BrFN2O/c22-16-3-6-19-18(13-16)20(7-10-24-19)25-11-8-15(9-12-25)21(26)14-1-4-17(23)5-2-14/h1-7,10,13,15H,8-9,11-12H2. The van der Waals surface area contributed by atoms with Crippen molar-refractivity contribution in [1.82, 2.24) is 4.98 Å². The minimum absolute atomic E-state index is 0.00320. The van der Waals surface area contributed by atoms with E-state index in [9.17, 15) is 9.18 Å². The van der Waals surface area contributed by atoms with E-state index in [1.54, 1.807) is 12.1 Å². The summed E-state index contributed by atoms with van der Waals surface area (Å²) < 4.78 is 14.1. The van der Waals surface area contributed by atoms with E-state index in [0.29, 0.717) is 5.56 Å². The smallest absolute Gasteiger partial charge is 0.166 e. The van der Waals surface area contributed by atoms with Gasteiger partial charge in [-0.1, -0.05) is 15.9 Å². The lowest BCUT2D eigenvalue weighted by Crippen LogP contribution is -2.36. The number of aromatic nitrogens is 1. The number of hydrogen-bond acceptors (Lipinski definition) is 3. The maximum Gasteiger partial charge on any atom is 0.166 e. The number of benzene rings is 2. The van der Waals surface area contributed by atoms with Gasteiger partial charge in [0.1, 0.15) is 5.82 Å². The topological polar surface area (TPSA) is 33.2 Å². The van der Waals surface area contributed by atoms with Gasteiger partial charge in [-0.25, -0.2) is 4.39 Å². The number of halogens is 2. The van der Waals surface area contributed by atoms with Crippen molar-refractivity contribution in [2.45, 2.75) is 12.8 Å². The lowest BCUT2D eigenvalue weighted by molar-refractivity contribution is 0.0900. The first-order valence-electron chi connectivity index (χ1n) is 8.71. The van der Waals surface area contributed by atoms with Crippen molar-refractivity contribution >= 4 is 38.3 Å². The number of fused-ring (bicyclic) bond motifs is 1. The Morgan fingerprint density at radius 2 is 1.81 bits per heavy atom. The molecule has 0 atom stereocenters. The van der Waals surface area contributed by atoms with Gasteiger partial charge in [-0.15, -0.1) is 0 Å². The summed E-state index contributed by atoms with van der Waals surface area (Å²) in [5, 5.41) is 1.12. The van der Waals surface area contributed by atoms with Crippen molar-refractivity contribution in [2.75, 3.05) is 18.0 Å². The molecule has 132 valence electrons. The van der Waals surface area contributed by atoms with Crippen molar-refractivity contribution in [2.24, 2.45) is 5.92 Å². The van der Waals surface area contributed by atoms with Crippen LogP contribution in [-0.4, -0.2) is 23.9 Å². The van der Waals surface area contributed by atoms with Crippen LogP contribution in [0, 0.1) is 11.7 Å². The molecule has 0 amide bonds. The van der Waals surface area contributed by atoms with Gasteiger partial charge in [0.05, 0.1) is 5.52 Å². The fourth-order valence-electron chi connectivity index (χ4n) is 3.61. The summed E-state index contributed by atoms with van der Waals surface area (Å²) in [5.41, 5.74) is 2.72. The number of nitrogens with zero attached hydrogens (tertiary/aromatic N) is 2. The van der Waals surface area contributed by atoms with Crippen LogP contribution in [0.1, 0.15) is 23.2 Å². The van der Waals surface area contributed by atoms with Gasteiger partial charge >= 0.3 is 0 Å². The number of hydrogen-bond donors (Lipinski definition) is 0. The lowest BCUT2D eigenvalue weighted by atomic mass is 9.88. The molecule has 0 saturated carbocycles. The lowest BCUT2D eigenvalue weighted by Gasteiger charge is -2.33. The first-order valence-corrected chi connectivity index (χ1v) is 9.50. The minimum Gasteiger partial charge on any atom is -0.371 e. The van der Waals surface area contributed by atoms with Crippen molar-refractivity contribution in [3.8, 4) is 0 Å². The van der Waals surface area contributed by atoms with Crippen LogP contribution >= 0.6 is 15.9 Å². The number of rotatable bonds is 3. The first kappa shape index (κ1) is 17.2. The molecule has 5 heteroatoms. The Kier molecular flexibility index (Phi) is 4.72. The summed E-state index contributed by atoms with van der Waals surface area (Å²) >= 11 is 3.53. The predicted molar refractivity (Wildman–Crippen MR) is 105 cm³/mol. The van der Waals surface area contributed by atoms with Gasteiger partial charge in [0.2, 0.25) is 0 Å². The average Bonchev–Trinajstić information content (AvgIpc) is 2.68. The highest BCUT2D eigenvalue weighted by Gasteiger charge is 2.26. The summed E-state index contributed by atoms with van der Waals surface area (Å²) in [5.74, 6) is -0.198. The molecule has 4 rings (SSSR count). The SMILES string of the molecule is O=C(c1ccc(F)cc1)C1CCN(c2ccnc3ccc(Br)cc23)CC1. The molecule has 26 heavy (non-hydrogen) atoms. The summed E-state index contributed by atoms with van der Waals surface area (Å²) in [6.07, 6.45) is 3.43. The van der Waals surface area contributed by atoms with Gasteiger partial charge in [-0.2, -0.15) is 0 Å². The Morgan fingerprint density at radius 3 is 2.54 bits per heavy atom. The van der Waals surface area contributed by atoms with Crippen LogP contribution in [0.5, 0.6) is 0 Å². The molecule has 0 spiro atoms. The van der Waals surface area contributed by atoms with E-state index in [4.69, 9.17) is 0 Å². The molecule has 1 saturated heterocycles. The van der Waals surface area contributed by atoms with E-state index >= 15 is 0 Å². The van der Waals surface area contributed by atoms with Crippen molar-refractivity contribution < 1.29 is 9.18 Å². The van der Waals surface area contributed by atoms with Crippen LogP contribution in [-0.2, 0) is 0 Å². The van der Waals surface area contributed by atoms with E-state index in [1.807, 2.05) is 24.4 Å². The number of carbonyl (C=O) groups is 1. The van der Waals surface area contributed by atoms with Crippen molar-refractivity contribution in [1.29, 1.82) is 0 Å². The predicted octanol–water partition coefficient (Wildman–Crippen LogP) is 5.24. The Hall–Kier alpha value is -2.27. The van der Waals surface area contributed by atoms with E-state index in [0.717, 1.165) is 47.0 Å². The highest BCUT2D eigenvalue weighted by Crippen LogP contribution is 2.31. The third-order valence-electron chi connectivity index (χ3n) is 5.02. The van der Waals surface area contributed by atoms with Gasteiger partial charge in [-0.05, 0) is 61.4 Å². The van der Waals surface area contributed by atoms with Crippen LogP contribution in [0.3, 0.4) is 0 Å². The Bertz CT molecular complexity index is 950. The van der Waals surface area contributed by atoms with Gasteiger partial charge < -0.3 is 4.90 Å². The van der Waals surface area contributed by atoms with Crippen LogP contribution < -0.4 is 4.90 Å². The summed E-state index contributed by atoms with van der Waals surface area (Å²) in [4.78, 5) is 19.4. The molecule has 0 N–H and O–H groups in total. The van der Waals surface area contributed by atoms with Crippen LogP contribution in [0.4, 0.5) is 10.1 Å². The number of pyridine rings is 1. The molecule has 1 fully saturated rings. The maximum atomic E-state index is 13.1. The van der Waals surface area contributed by atoms with Gasteiger partial charge in [-0.3, -0.25) is 9.78 Å². The highest BCUT2D eigenvalue weighted by molar-refractivity contribution is 9.10. The van der Waals surface area contributed by atoms with E-state index in [1.165, 1.54) is 12.1 Å². The quantitative estimate of drug-likeness (QED) is 0.551. The largest absolute Gasteiger partial charge is 0.371 e. The molecule has 3 aromatic rings. The Morgan fingerprint density at radius 1 is 1.08 bits per heavy atom. The number of carbonyl (C=O) groups excluding carboxylic acids is 1. The third-order valence-corrected chi connectivity index (χ3v) is 5.51. The van der Waals surface area contributed by atoms with E-state index in [-0.39, 0.29) is 17.5 Å². The number of ketones is 1. The maximum absolute atomic E-state index is 13.1. The fraction of sp³-hybridized carbons (Fsp3) is 0.238. The number of anilines is 1. The molecule has 0 aliphatic carbocycles. The number of Topliss-reactive ketones (excluding diaryl/α,β-unsaturated/α-hetero) is 1. The zero-order valence-corrected chi connectivity index (χ0v) is 15.7. The van der Waals surface area contributed by atoms with Crippen molar-refractivity contribution in [3.63, 3.8) is 0 Å². The molecule has 0 bridgehead atoms. The van der Waals surface area contributed by atoms with E-state index < -0.39 is 0 Å². The minimum atomic E-state index is -0.313. The second kappa shape index (κ2) is 7.16. The summed E-state index contributed by atoms with van der Waals surface area (Å²) in [7, 11) is 0. The molecule has 0 radical (unpaired) electrons. The van der Waals surface area contributed by atoms with Gasteiger partial charge in [0.25, 0.3) is 0 Å². The van der Waals surface area contributed by atoms with Gasteiger partial charge in [0.15, 0.2) is 5.78 Å². The van der Waals surface area contributed by atoms with Crippen LogP contribution in [0.2, 0.25) is 0 Å². The van der Waals surface area contributed by atoms with E-state index in [2.05, 4.69) is 31.9 Å². The second-order valence-electron chi connectivity index (χ2n) is 6.62. The third kappa shape index (κ3) is 3.36. The van der Waals surface area contributed by atoms with Crippen LogP contribution in [0.25, 0.3) is 10.9 Å². The Labute approximate surface area is 160 Å².